The Bertz CT molecular complexity index is 421. The molecule has 1 aliphatic heterocycles. The molecule has 1 atom stereocenters. The van der Waals surface area contributed by atoms with E-state index in [1.54, 1.807) is 5.51 Å². The third-order valence-electron chi connectivity index (χ3n) is 2.81. The van der Waals surface area contributed by atoms with Gasteiger partial charge in [0.1, 0.15) is 0 Å². The highest BCUT2D eigenvalue weighted by molar-refractivity contribution is 7.07. The highest BCUT2D eigenvalue weighted by atomic mass is 32.1. The molecule has 7 heteroatoms. The second kappa shape index (κ2) is 5.92. The predicted octanol–water partition coefficient (Wildman–Crippen LogP) is 0.388. The number of aryl methyl sites for hydroxylation is 1. The van der Waals surface area contributed by atoms with Crippen LogP contribution in [0, 0.1) is 0 Å². The van der Waals surface area contributed by atoms with Gasteiger partial charge in [0, 0.05) is 18.3 Å². The number of nitrogens with zero attached hydrogens (tertiary/aromatic N) is 2. The van der Waals surface area contributed by atoms with Gasteiger partial charge in [0.25, 0.3) is 0 Å². The van der Waals surface area contributed by atoms with E-state index < -0.39 is 12.0 Å². The van der Waals surface area contributed by atoms with Crippen molar-refractivity contribution in [3.8, 4) is 0 Å². The number of amides is 1. The first-order valence-electron chi connectivity index (χ1n) is 5.65. The standard InChI is InChI=1S/C11H14N2O4S/c14-10(2-1-8-6-18-7-12-8)13-3-4-17-5-9(13)11(15)16/h6-7,9H,1-5H2,(H,15,16)/t9-/m0/s1. The number of carboxylic acid groups (broad SMARTS) is 1. The molecule has 18 heavy (non-hydrogen) atoms. The summed E-state index contributed by atoms with van der Waals surface area (Å²) in [7, 11) is 0. The van der Waals surface area contributed by atoms with Crippen molar-refractivity contribution in [2.75, 3.05) is 19.8 Å². The third kappa shape index (κ3) is 3.05. The summed E-state index contributed by atoms with van der Waals surface area (Å²) in [5.74, 6) is -1.17. The molecule has 1 aliphatic rings. The molecule has 0 bridgehead atoms. The van der Waals surface area contributed by atoms with Crippen molar-refractivity contribution >= 4 is 23.2 Å². The molecule has 1 aromatic heterocycles. The van der Waals surface area contributed by atoms with Crippen LogP contribution in [0.2, 0.25) is 0 Å². The van der Waals surface area contributed by atoms with Crippen molar-refractivity contribution in [3.63, 3.8) is 0 Å². The van der Waals surface area contributed by atoms with Gasteiger partial charge in [-0.05, 0) is 6.42 Å². The van der Waals surface area contributed by atoms with E-state index in [2.05, 4.69) is 4.98 Å². The molecule has 0 aliphatic carbocycles. The molecule has 0 aromatic carbocycles. The number of carbonyl (C=O) groups excluding carboxylic acids is 1. The molecule has 2 heterocycles. The van der Waals surface area contributed by atoms with Gasteiger partial charge in [0.05, 0.1) is 24.4 Å². The third-order valence-corrected chi connectivity index (χ3v) is 3.45. The smallest absolute Gasteiger partial charge is 0.328 e. The zero-order valence-corrected chi connectivity index (χ0v) is 10.6. The molecular formula is C11H14N2O4S. The van der Waals surface area contributed by atoms with Crippen LogP contribution in [-0.2, 0) is 20.7 Å². The van der Waals surface area contributed by atoms with Crippen LogP contribution in [0.15, 0.2) is 10.9 Å². The second-order valence-electron chi connectivity index (χ2n) is 4.00. The molecule has 0 unspecified atom stereocenters. The lowest BCUT2D eigenvalue weighted by Gasteiger charge is -2.32. The molecule has 0 spiro atoms. The molecule has 6 nitrogen and oxygen atoms in total. The van der Waals surface area contributed by atoms with Crippen molar-refractivity contribution in [2.45, 2.75) is 18.9 Å². The Kier molecular flexibility index (Phi) is 4.27. The van der Waals surface area contributed by atoms with Crippen LogP contribution in [0.25, 0.3) is 0 Å². The van der Waals surface area contributed by atoms with Crippen molar-refractivity contribution in [1.29, 1.82) is 0 Å². The Balaban J connectivity index is 1.92. The van der Waals surface area contributed by atoms with Gasteiger partial charge in [-0.25, -0.2) is 9.78 Å². The number of thiazole rings is 1. The van der Waals surface area contributed by atoms with E-state index in [9.17, 15) is 9.59 Å². The molecule has 0 radical (unpaired) electrons. The van der Waals surface area contributed by atoms with E-state index in [1.165, 1.54) is 16.2 Å². The number of morpholine rings is 1. The maximum absolute atomic E-state index is 12.0. The highest BCUT2D eigenvalue weighted by Gasteiger charge is 2.32. The highest BCUT2D eigenvalue weighted by Crippen LogP contribution is 2.11. The molecule has 1 N–H and O–H groups in total. The Morgan fingerprint density at radius 3 is 3.11 bits per heavy atom. The molecular weight excluding hydrogens is 256 g/mol. The lowest BCUT2D eigenvalue weighted by Crippen LogP contribution is -2.52. The quantitative estimate of drug-likeness (QED) is 0.856. The summed E-state index contributed by atoms with van der Waals surface area (Å²) in [4.78, 5) is 28.5. The van der Waals surface area contributed by atoms with Gasteiger partial charge in [-0.15, -0.1) is 11.3 Å². The average Bonchev–Trinajstić information content (AvgIpc) is 2.89. The zero-order chi connectivity index (χ0) is 13.0. The average molecular weight is 270 g/mol. The van der Waals surface area contributed by atoms with Crippen molar-refractivity contribution in [2.24, 2.45) is 0 Å². The summed E-state index contributed by atoms with van der Waals surface area (Å²) >= 11 is 1.48. The largest absolute Gasteiger partial charge is 0.480 e. The number of carboxylic acids is 1. The van der Waals surface area contributed by atoms with Crippen LogP contribution in [0.5, 0.6) is 0 Å². The fourth-order valence-corrected chi connectivity index (χ4v) is 2.44. The van der Waals surface area contributed by atoms with Crippen LogP contribution >= 0.6 is 11.3 Å². The first-order chi connectivity index (χ1) is 8.68. The lowest BCUT2D eigenvalue weighted by atomic mass is 10.1. The maximum atomic E-state index is 12.0. The van der Waals surface area contributed by atoms with Gasteiger partial charge in [0.15, 0.2) is 6.04 Å². The van der Waals surface area contributed by atoms with E-state index in [4.69, 9.17) is 9.84 Å². The van der Waals surface area contributed by atoms with Gasteiger partial charge in [-0.3, -0.25) is 4.79 Å². The number of hydrogen-bond donors (Lipinski definition) is 1. The summed E-state index contributed by atoms with van der Waals surface area (Å²) in [6.45, 7) is 0.802. The molecule has 98 valence electrons. The number of ether oxygens (including phenoxy) is 1. The summed E-state index contributed by atoms with van der Waals surface area (Å²) in [5, 5.41) is 10.9. The summed E-state index contributed by atoms with van der Waals surface area (Å²) < 4.78 is 5.09. The minimum atomic E-state index is -1.02. The van der Waals surface area contributed by atoms with Gasteiger partial charge >= 0.3 is 5.97 Å². The summed E-state index contributed by atoms with van der Waals surface area (Å²) in [6.07, 6.45) is 0.833. The molecule has 0 saturated carbocycles. The summed E-state index contributed by atoms with van der Waals surface area (Å²) in [6, 6.07) is -0.860. The van der Waals surface area contributed by atoms with E-state index in [1.807, 2.05) is 5.38 Å². The minimum absolute atomic E-state index is 0.0672. The first-order valence-corrected chi connectivity index (χ1v) is 6.60. The van der Waals surface area contributed by atoms with Gasteiger partial charge < -0.3 is 14.7 Å². The number of aromatic nitrogens is 1. The number of rotatable bonds is 4. The Hall–Kier alpha value is -1.47. The van der Waals surface area contributed by atoms with Gasteiger partial charge in [-0.1, -0.05) is 0 Å². The normalized spacial score (nSPS) is 19.8. The van der Waals surface area contributed by atoms with Crippen LogP contribution in [0.1, 0.15) is 12.1 Å². The van der Waals surface area contributed by atoms with Crippen LogP contribution < -0.4 is 0 Å². The Morgan fingerprint density at radius 1 is 1.61 bits per heavy atom. The first kappa shape index (κ1) is 13.0. The number of aliphatic carboxylic acids is 1. The molecule has 1 saturated heterocycles. The molecule has 1 fully saturated rings. The topological polar surface area (TPSA) is 79.7 Å². The fourth-order valence-electron chi connectivity index (χ4n) is 1.85. The van der Waals surface area contributed by atoms with Crippen molar-refractivity contribution < 1.29 is 19.4 Å². The summed E-state index contributed by atoms with van der Waals surface area (Å²) in [5.41, 5.74) is 2.59. The van der Waals surface area contributed by atoms with Gasteiger partial charge in [0.2, 0.25) is 5.91 Å². The fraction of sp³-hybridized carbons (Fsp3) is 0.545. The van der Waals surface area contributed by atoms with Crippen molar-refractivity contribution in [3.05, 3.63) is 16.6 Å². The zero-order valence-electron chi connectivity index (χ0n) is 9.74. The second-order valence-corrected chi connectivity index (χ2v) is 4.71. The van der Waals surface area contributed by atoms with Crippen LogP contribution in [0.4, 0.5) is 0 Å². The lowest BCUT2D eigenvalue weighted by molar-refractivity contribution is -0.158. The van der Waals surface area contributed by atoms with E-state index in [0.717, 1.165) is 5.69 Å². The molecule has 2 rings (SSSR count). The minimum Gasteiger partial charge on any atom is -0.480 e. The predicted molar refractivity (Wildman–Crippen MR) is 64.4 cm³/mol. The number of hydrogen-bond acceptors (Lipinski definition) is 5. The van der Waals surface area contributed by atoms with E-state index >= 15 is 0 Å². The molecule has 1 amide bonds. The Labute approximate surface area is 108 Å². The monoisotopic (exact) mass is 270 g/mol. The van der Waals surface area contributed by atoms with Crippen LogP contribution in [-0.4, -0.2) is 52.7 Å². The Morgan fingerprint density at radius 2 is 2.44 bits per heavy atom. The number of carbonyl (C=O) groups is 2. The van der Waals surface area contributed by atoms with E-state index in [-0.39, 0.29) is 18.9 Å². The van der Waals surface area contributed by atoms with Crippen LogP contribution in [0.3, 0.4) is 0 Å². The maximum Gasteiger partial charge on any atom is 0.328 e. The van der Waals surface area contributed by atoms with Gasteiger partial charge in [-0.2, -0.15) is 0 Å². The SMILES string of the molecule is O=C(O)[C@@H]1COCCN1C(=O)CCc1cscn1. The van der Waals surface area contributed by atoms with E-state index in [0.29, 0.717) is 19.6 Å². The van der Waals surface area contributed by atoms with Crippen molar-refractivity contribution in [1.82, 2.24) is 9.88 Å². The molecule has 1 aromatic rings.